The van der Waals surface area contributed by atoms with Gasteiger partial charge in [0.05, 0.1) is 4.92 Å². The van der Waals surface area contributed by atoms with Crippen molar-refractivity contribution >= 4 is 11.7 Å². The van der Waals surface area contributed by atoms with Crippen LogP contribution in [0.15, 0.2) is 24.3 Å². The van der Waals surface area contributed by atoms with E-state index < -0.39 is 4.92 Å². The summed E-state index contributed by atoms with van der Waals surface area (Å²) in [5, 5.41) is 10.5. The van der Waals surface area contributed by atoms with Crippen LogP contribution < -0.4 is 4.74 Å². The molecule has 0 bridgehead atoms. The van der Waals surface area contributed by atoms with E-state index in [1.165, 1.54) is 49.9 Å². The van der Waals surface area contributed by atoms with Crippen molar-refractivity contribution in [2.75, 3.05) is 0 Å². The number of nitro groups is 1. The Labute approximate surface area is 111 Å². The van der Waals surface area contributed by atoms with Gasteiger partial charge in [0.25, 0.3) is 5.69 Å². The third kappa shape index (κ3) is 4.05. The van der Waals surface area contributed by atoms with E-state index in [0.717, 1.165) is 6.42 Å². The molecule has 0 heterocycles. The average molecular weight is 263 g/mol. The maximum Gasteiger partial charge on any atom is 0.311 e. The highest BCUT2D eigenvalue weighted by atomic mass is 16.6. The first-order chi connectivity index (χ1) is 9.15. The van der Waals surface area contributed by atoms with E-state index in [2.05, 4.69) is 0 Å². The predicted octanol–water partition coefficient (Wildman–Crippen LogP) is 3.47. The number of non-ortho nitro benzene ring substituents is 1. The molecule has 0 unspecified atom stereocenters. The summed E-state index contributed by atoms with van der Waals surface area (Å²) in [6, 6.07) is 5.57. The van der Waals surface area contributed by atoms with Crippen LogP contribution >= 0.6 is 0 Å². The monoisotopic (exact) mass is 263 g/mol. The van der Waals surface area contributed by atoms with Crippen LogP contribution in [0.3, 0.4) is 0 Å². The van der Waals surface area contributed by atoms with Gasteiger partial charge in [0.1, 0.15) is 5.75 Å². The first-order valence-electron chi connectivity index (χ1n) is 6.60. The lowest BCUT2D eigenvalue weighted by Crippen LogP contribution is -2.09. The van der Waals surface area contributed by atoms with Gasteiger partial charge in [-0.25, -0.2) is 0 Å². The fraction of sp³-hybridized carbons (Fsp3) is 0.500. The number of ether oxygens (including phenoxy) is 1. The molecule has 0 spiro atoms. The maximum atomic E-state index is 11.6. The quantitative estimate of drug-likeness (QED) is 0.353. The molecule has 0 radical (unpaired) electrons. The topological polar surface area (TPSA) is 69.4 Å². The minimum Gasteiger partial charge on any atom is -0.427 e. The molecule has 1 aliphatic carbocycles. The molecule has 0 N–H and O–H groups in total. The van der Waals surface area contributed by atoms with Crippen molar-refractivity contribution in [3.8, 4) is 5.75 Å². The van der Waals surface area contributed by atoms with E-state index in [4.69, 9.17) is 4.74 Å². The Morgan fingerprint density at radius 1 is 1.26 bits per heavy atom. The molecule has 0 atom stereocenters. The Balaban J connectivity index is 1.79. The van der Waals surface area contributed by atoms with Gasteiger partial charge in [0.15, 0.2) is 0 Å². The van der Waals surface area contributed by atoms with Gasteiger partial charge in [-0.1, -0.05) is 25.7 Å². The van der Waals surface area contributed by atoms with Crippen molar-refractivity contribution in [2.45, 2.75) is 38.5 Å². The highest BCUT2D eigenvalue weighted by molar-refractivity contribution is 5.72. The van der Waals surface area contributed by atoms with Crippen molar-refractivity contribution in [3.05, 3.63) is 34.4 Å². The molecule has 0 saturated heterocycles. The molecule has 1 fully saturated rings. The van der Waals surface area contributed by atoms with E-state index in [0.29, 0.717) is 18.1 Å². The van der Waals surface area contributed by atoms with Crippen molar-refractivity contribution in [2.24, 2.45) is 5.92 Å². The molecule has 0 aliphatic heterocycles. The number of hydrogen-bond donors (Lipinski definition) is 0. The normalized spacial score (nSPS) is 15.4. The predicted molar refractivity (Wildman–Crippen MR) is 69.9 cm³/mol. The number of nitrogens with zero attached hydrogens (tertiary/aromatic N) is 1. The van der Waals surface area contributed by atoms with Crippen LogP contribution in [0.4, 0.5) is 5.69 Å². The second-order valence-electron chi connectivity index (χ2n) is 4.91. The highest BCUT2D eigenvalue weighted by Gasteiger charge is 2.17. The molecule has 0 amide bonds. The standard InChI is InChI=1S/C14H17NO4/c16-14(10-5-11-3-1-2-4-11)19-13-8-6-12(7-9-13)15(17)18/h6-9,11H,1-5,10H2. The van der Waals surface area contributed by atoms with E-state index in [1.807, 2.05) is 0 Å². The smallest absolute Gasteiger partial charge is 0.311 e. The van der Waals surface area contributed by atoms with Gasteiger partial charge in [-0.2, -0.15) is 0 Å². The zero-order valence-corrected chi connectivity index (χ0v) is 10.7. The molecule has 2 rings (SSSR count). The fourth-order valence-electron chi connectivity index (χ4n) is 2.44. The lowest BCUT2D eigenvalue weighted by Gasteiger charge is -2.08. The number of nitro benzene ring substituents is 1. The van der Waals surface area contributed by atoms with Gasteiger partial charge in [0.2, 0.25) is 0 Å². The Bertz CT molecular complexity index is 449. The fourth-order valence-corrected chi connectivity index (χ4v) is 2.44. The summed E-state index contributed by atoms with van der Waals surface area (Å²) >= 11 is 0. The first-order valence-corrected chi connectivity index (χ1v) is 6.60. The van der Waals surface area contributed by atoms with E-state index in [-0.39, 0.29) is 11.7 Å². The highest BCUT2D eigenvalue weighted by Crippen LogP contribution is 2.28. The molecule has 5 heteroatoms. The Morgan fingerprint density at radius 2 is 1.89 bits per heavy atom. The summed E-state index contributed by atoms with van der Waals surface area (Å²) in [6.45, 7) is 0. The van der Waals surface area contributed by atoms with Crippen molar-refractivity contribution < 1.29 is 14.5 Å². The molecule has 0 aromatic heterocycles. The number of hydrogen-bond acceptors (Lipinski definition) is 4. The van der Waals surface area contributed by atoms with Crippen LogP contribution in [0.1, 0.15) is 38.5 Å². The van der Waals surface area contributed by atoms with Crippen LogP contribution in [-0.4, -0.2) is 10.9 Å². The van der Waals surface area contributed by atoms with Gasteiger partial charge in [-0.05, 0) is 24.5 Å². The Hall–Kier alpha value is -1.91. The van der Waals surface area contributed by atoms with Crippen LogP contribution in [0, 0.1) is 16.0 Å². The molecule has 1 aromatic rings. The number of rotatable bonds is 5. The second kappa shape index (κ2) is 6.31. The number of carbonyl (C=O) groups is 1. The average Bonchev–Trinajstić information content (AvgIpc) is 2.90. The summed E-state index contributed by atoms with van der Waals surface area (Å²) < 4.78 is 5.15. The minimum atomic E-state index is -0.480. The molecule has 19 heavy (non-hydrogen) atoms. The Morgan fingerprint density at radius 3 is 2.47 bits per heavy atom. The summed E-state index contributed by atoms with van der Waals surface area (Å²) in [5.74, 6) is 0.757. The van der Waals surface area contributed by atoms with Gasteiger partial charge in [-0.3, -0.25) is 14.9 Å². The number of esters is 1. The zero-order valence-electron chi connectivity index (χ0n) is 10.7. The van der Waals surface area contributed by atoms with E-state index in [9.17, 15) is 14.9 Å². The lowest BCUT2D eigenvalue weighted by molar-refractivity contribution is -0.384. The molecular weight excluding hydrogens is 246 g/mol. The number of benzene rings is 1. The van der Waals surface area contributed by atoms with Gasteiger partial charge < -0.3 is 4.74 Å². The van der Waals surface area contributed by atoms with Gasteiger partial charge in [0, 0.05) is 18.6 Å². The van der Waals surface area contributed by atoms with Crippen LogP contribution in [-0.2, 0) is 4.79 Å². The minimum absolute atomic E-state index is 0.00856. The SMILES string of the molecule is O=C(CCC1CCCC1)Oc1ccc([N+](=O)[O-])cc1. The van der Waals surface area contributed by atoms with Crippen LogP contribution in [0.2, 0.25) is 0 Å². The van der Waals surface area contributed by atoms with Gasteiger partial charge in [-0.15, -0.1) is 0 Å². The molecule has 1 aromatic carbocycles. The second-order valence-corrected chi connectivity index (χ2v) is 4.91. The summed E-state index contributed by atoms with van der Waals surface area (Å²) in [6.07, 6.45) is 6.26. The van der Waals surface area contributed by atoms with Crippen molar-refractivity contribution in [3.63, 3.8) is 0 Å². The maximum absolute atomic E-state index is 11.6. The number of carbonyl (C=O) groups excluding carboxylic acids is 1. The van der Waals surface area contributed by atoms with Crippen LogP contribution in [0.25, 0.3) is 0 Å². The molecular formula is C14H17NO4. The molecule has 5 nitrogen and oxygen atoms in total. The third-order valence-electron chi connectivity index (χ3n) is 3.51. The first kappa shape index (κ1) is 13.5. The van der Waals surface area contributed by atoms with E-state index in [1.54, 1.807) is 0 Å². The molecule has 1 aliphatic rings. The zero-order chi connectivity index (χ0) is 13.7. The summed E-state index contributed by atoms with van der Waals surface area (Å²) in [7, 11) is 0. The van der Waals surface area contributed by atoms with Crippen molar-refractivity contribution in [1.82, 2.24) is 0 Å². The third-order valence-corrected chi connectivity index (χ3v) is 3.51. The largest absolute Gasteiger partial charge is 0.427 e. The molecule has 1 saturated carbocycles. The van der Waals surface area contributed by atoms with Gasteiger partial charge >= 0.3 is 5.97 Å². The summed E-state index contributed by atoms with van der Waals surface area (Å²) in [4.78, 5) is 21.6. The summed E-state index contributed by atoms with van der Waals surface area (Å²) in [5.41, 5.74) is -0.00856. The van der Waals surface area contributed by atoms with E-state index >= 15 is 0 Å². The molecule has 102 valence electrons. The lowest BCUT2D eigenvalue weighted by atomic mass is 10.0. The van der Waals surface area contributed by atoms with Crippen LogP contribution in [0.5, 0.6) is 5.75 Å². The Kier molecular flexibility index (Phi) is 4.49. The van der Waals surface area contributed by atoms with Crippen molar-refractivity contribution in [1.29, 1.82) is 0 Å².